The molecule has 1 unspecified atom stereocenters. The molecular weight excluding hydrogens is 212 g/mol. The molecule has 3 atom stereocenters. The molecule has 0 aromatic carbocycles. The first-order valence-electron chi connectivity index (χ1n) is 5.32. The zero-order valence-electron chi connectivity index (χ0n) is 9.86. The summed E-state index contributed by atoms with van der Waals surface area (Å²) in [6.45, 7) is 5.27. The number of aliphatic hydroxyl groups is 1. The largest absolute Gasteiger partial charge is 0.480 e. The van der Waals surface area contributed by atoms with E-state index in [1.807, 2.05) is 13.8 Å². The second kappa shape index (κ2) is 7.19. The van der Waals surface area contributed by atoms with Crippen LogP contribution in [0.25, 0.3) is 0 Å². The van der Waals surface area contributed by atoms with Crippen LogP contribution in [0.15, 0.2) is 0 Å². The second-order valence-corrected chi connectivity index (χ2v) is 3.81. The van der Waals surface area contributed by atoms with Gasteiger partial charge in [-0.2, -0.15) is 0 Å². The maximum absolute atomic E-state index is 11.3. The highest BCUT2D eigenvalue weighted by Gasteiger charge is 2.24. The van der Waals surface area contributed by atoms with E-state index in [2.05, 4.69) is 10.6 Å². The van der Waals surface area contributed by atoms with E-state index in [1.54, 1.807) is 0 Å². The molecular formula is C10H20N2O4. The van der Waals surface area contributed by atoms with Crippen molar-refractivity contribution in [1.29, 1.82) is 0 Å². The van der Waals surface area contributed by atoms with Crippen LogP contribution in [-0.2, 0) is 9.59 Å². The standard InChI is InChI=1S/C10H20N2O4/c1-4-6(2)11-5-8(14)12-9(7(3)13)10(15)16/h6-7,9,11,13H,4-5H2,1-3H3,(H,12,14)(H,15,16)/t6?,7-,9+/m1/s1. The quantitative estimate of drug-likeness (QED) is 0.466. The van der Waals surface area contributed by atoms with Gasteiger partial charge in [0.05, 0.1) is 12.6 Å². The topological polar surface area (TPSA) is 98.7 Å². The number of carbonyl (C=O) groups is 2. The molecule has 0 aliphatic heterocycles. The summed E-state index contributed by atoms with van der Waals surface area (Å²) in [5.41, 5.74) is 0. The van der Waals surface area contributed by atoms with Gasteiger partial charge in [-0.05, 0) is 20.3 Å². The van der Waals surface area contributed by atoms with Crippen molar-refractivity contribution >= 4 is 11.9 Å². The summed E-state index contributed by atoms with van der Waals surface area (Å²) >= 11 is 0. The number of carbonyl (C=O) groups excluding carboxylic acids is 1. The molecule has 0 rings (SSSR count). The molecule has 0 aliphatic rings. The monoisotopic (exact) mass is 232 g/mol. The van der Waals surface area contributed by atoms with Crippen LogP contribution < -0.4 is 10.6 Å². The third-order valence-corrected chi connectivity index (χ3v) is 2.29. The minimum Gasteiger partial charge on any atom is -0.480 e. The van der Waals surface area contributed by atoms with Crippen LogP contribution >= 0.6 is 0 Å². The van der Waals surface area contributed by atoms with Crippen molar-refractivity contribution in [3.8, 4) is 0 Å². The number of aliphatic hydroxyl groups excluding tert-OH is 1. The van der Waals surface area contributed by atoms with Crippen LogP contribution in [-0.4, -0.2) is 46.8 Å². The van der Waals surface area contributed by atoms with E-state index in [4.69, 9.17) is 10.2 Å². The first-order chi connectivity index (χ1) is 7.38. The fraction of sp³-hybridized carbons (Fsp3) is 0.800. The summed E-state index contributed by atoms with van der Waals surface area (Å²) in [6.07, 6.45) is -0.239. The lowest BCUT2D eigenvalue weighted by Crippen LogP contribution is -2.50. The summed E-state index contributed by atoms with van der Waals surface area (Å²) in [5.74, 6) is -1.68. The number of nitrogens with one attached hydrogen (secondary N) is 2. The molecule has 1 amide bonds. The van der Waals surface area contributed by atoms with Gasteiger partial charge in [-0.15, -0.1) is 0 Å². The Bertz CT molecular complexity index is 243. The Morgan fingerprint density at radius 1 is 1.31 bits per heavy atom. The van der Waals surface area contributed by atoms with Crippen LogP contribution in [0, 0.1) is 0 Å². The number of carboxylic acid groups (broad SMARTS) is 1. The maximum Gasteiger partial charge on any atom is 0.328 e. The number of hydrogen-bond acceptors (Lipinski definition) is 4. The first-order valence-corrected chi connectivity index (χ1v) is 5.32. The third kappa shape index (κ3) is 5.67. The van der Waals surface area contributed by atoms with Crippen molar-refractivity contribution < 1.29 is 19.8 Å². The van der Waals surface area contributed by atoms with Crippen LogP contribution in [0.4, 0.5) is 0 Å². The smallest absolute Gasteiger partial charge is 0.328 e. The summed E-state index contributed by atoms with van der Waals surface area (Å²) < 4.78 is 0. The number of carboxylic acids is 1. The Kier molecular flexibility index (Phi) is 6.67. The highest BCUT2D eigenvalue weighted by Crippen LogP contribution is 1.93. The molecule has 0 bridgehead atoms. The Morgan fingerprint density at radius 3 is 2.25 bits per heavy atom. The number of amides is 1. The van der Waals surface area contributed by atoms with Crippen LogP contribution in [0.1, 0.15) is 27.2 Å². The molecule has 0 aromatic rings. The summed E-state index contributed by atoms with van der Waals surface area (Å²) in [7, 11) is 0. The lowest BCUT2D eigenvalue weighted by molar-refractivity contribution is -0.144. The summed E-state index contributed by atoms with van der Waals surface area (Å²) in [4.78, 5) is 22.0. The van der Waals surface area contributed by atoms with Gasteiger partial charge in [0, 0.05) is 6.04 Å². The number of aliphatic carboxylic acids is 1. The average Bonchev–Trinajstić information content (AvgIpc) is 2.21. The average molecular weight is 232 g/mol. The molecule has 0 spiro atoms. The zero-order chi connectivity index (χ0) is 12.7. The Hall–Kier alpha value is -1.14. The van der Waals surface area contributed by atoms with E-state index < -0.39 is 24.0 Å². The van der Waals surface area contributed by atoms with Crippen LogP contribution in [0.3, 0.4) is 0 Å². The highest BCUT2D eigenvalue weighted by atomic mass is 16.4. The third-order valence-electron chi connectivity index (χ3n) is 2.29. The molecule has 0 fully saturated rings. The van der Waals surface area contributed by atoms with Gasteiger partial charge < -0.3 is 20.8 Å². The predicted octanol–water partition coefficient (Wildman–Crippen LogP) is -0.675. The lowest BCUT2D eigenvalue weighted by atomic mass is 10.2. The molecule has 4 N–H and O–H groups in total. The number of hydrogen-bond donors (Lipinski definition) is 4. The van der Waals surface area contributed by atoms with Crippen LogP contribution in [0.2, 0.25) is 0 Å². The van der Waals surface area contributed by atoms with Crippen molar-refractivity contribution in [3.63, 3.8) is 0 Å². The second-order valence-electron chi connectivity index (χ2n) is 3.81. The molecule has 94 valence electrons. The summed E-state index contributed by atoms with van der Waals surface area (Å²) in [5, 5.41) is 23.0. The maximum atomic E-state index is 11.3. The molecule has 0 saturated heterocycles. The summed E-state index contributed by atoms with van der Waals surface area (Å²) in [6, 6.07) is -1.06. The fourth-order valence-electron chi connectivity index (χ4n) is 1.02. The number of rotatable bonds is 7. The minimum absolute atomic E-state index is 0.0471. The van der Waals surface area contributed by atoms with Crippen molar-refractivity contribution in [3.05, 3.63) is 0 Å². The zero-order valence-corrected chi connectivity index (χ0v) is 9.86. The molecule has 0 radical (unpaired) electrons. The molecule has 0 aromatic heterocycles. The van der Waals surface area contributed by atoms with E-state index in [9.17, 15) is 9.59 Å². The van der Waals surface area contributed by atoms with Gasteiger partial charge in [-0.1, -0.05) is 6.92 Å². The fourth-order valence-corrected chi connectivity index (χ4v) is 1.02. The Balaban J connectivity index is 4.06. The Morgan fingerprint density at radius 2 is 1.88 bits per heavy atom. The van der Waals surface area contributed by atoms with E-state index in [1.165, 1.54) is 6.92 Å². The molecule has 0 heterocycles. The normalized spacial score (nSPS) is 16.2. The van der Waals surface area contributed by atoms with Crippen molar-refractivity contribution in [2.45, 2.75) is 45.4 Å². The van der Waals surface area contributed by atoms with Gasteiger partial charge in [0.2, 0.25) is 5.91 Å². The molecule has 0 aliphatic carbocycles. The van der Waals surface area contributed by atoms with Crippen molar-refractivity contribution in [2.75, 3.05) is 6.54 Å². The Labute approximate surface area is 95.0 Å². The molecule has 6 heteroatoms. The van der Waals surface area contributed by atoms with Crippen LogP contribution in [0.5, 0.6) is 0 Å². The van der Waals surface area contributed by atoms with Gasteiger partial charge in [0.1, 0.15) is 0 Å². The molecule has 6 nitrogen and oxygen atoms in total. The first kappa shape index (κ1) is 14.9. The van der Waals surface area contributed by atoms with Crippen molar-refractivity contribution in [1.82, 2.24) is 10.6 Å². The van der Waals surface area contributed by atoms with Gasteiger partial charge in [-0.25, -0.2) is 4.79 Å². The van der Waals surface area contributed by atoms with E-state index in [0.29, 0.717) is 0 Å². The van der Waals surface area contributed by atoms with E-state index in [0.717, 1.165) is 6.42 Å². The predicted molar refractivity (Wildman–Crippen MR) is 59.0 cm³/mol. The molecule has 16 heavy (non-hydrogen) atoms. The van der Waals surface area contributed by atoms with E-state index >= 15 is 0 Å². The minimum atomic E-state index is -1.26. The van der Waals surface area contributed by atoms with Gasteiger partial charge in [0.25, 0.3) is 0 Å². The molecule has 0 saturated carbocycles. The highest BCUT2D eigenvalue weighted by molar-refractivity contribution is 5.85. The van der Waals surface area contributed by atoms with Crippen molar-refractivity contribution in [2.24, 2.45) is 0 Å². The van der Waals surface area contributed by atoms with E-state index in [-0.39, 0.29) is 12.6 Å². The van der Waals surface area contributed by atoms with Gasteiger partial charge in [-0.3, -0.25) is 4.79 Å². The lowest BCUT2D eigenvalue weighted by Gasteiger charge is -2.18. The SMILES string of the molecule is CCC(C)NCC(=O)N[C@H](C(=O)O)[C@@H](C)O. The van der Waals surface area contributed by atoms with Gasteiger partial charge >= 0.3 is 5.97 Å². The van der Waals surface area contributed by atoms with Gasteiger partial charge in [0.15, 0.2) is 6.04 Å².